The molecule has 0 spiro atoms. The molecule has 1 N–H and O–H groups in total. The molecule has 1 aliphatic heterocycles. The standard InChI is InChI=1S/C16H22F2N2O/c1-2-9-20(13-5-7-19-8-6-13)11-16(21)12-3-4-14(17)15(18)10-12/h3-4,10,13,19H,2,5-9,11H2,1H3. The SMILES string of the molecule is CCCN(CC(=O)c1ccc(F)c(F)c1)C1CCNCC1. The molecular formula is C16H22F2N2O. The van der Waals surface area contributed by atoms with E-state index in [-0.39, 0.29) is 17.9 Å². The van der Waals surface area contributed by atoms with Crippen LogP contribution in [0.15, 0.2) is 18.2 Å². The van der Waals surface area contributed by atoms with E-state index in [1.54, 1.807) is 0 Å². The molecule has 0 aliphatic carbocycles. The summed E-state index contributed by atoms with van der Waals surface area (Å²) in [7, 11) is 0. The largest absolute Gasteiger partial charge is 0.317 e. The zero-order valence-electron chi connectivity index (χ0n) is 12.4. The molecule has 0 unspecified atom stereocenters. The third-order valence-corrected chi connectivity index (χ3v) is 3.92. The highest BCUT2D eigenvalue weighted by atomic mass is 19.2. The molecule has 116 valence electrons. The third-order valence-electron chi connectivity index (χ3n) is 3.92. The van der Waals surface area contributed by atoms with Crippen molar-refractivity contribution in [2.75, 3.05) is 26.2 Å². The predicted octanol–water partition coefficient (Wildman–Crippen LogP) is 2.61. The van der Waals surface area contributed by atoms with E-state index in [2.05, 4.69) is 17.1 Å². The number of hydrogen-bond donors (Lipinski definition) is 1. The van der Waals surface area contributed by atoms with Crippen LogP contribution in [0, 0.1) is 11.6 Å². The Morgan fingerprint density at radius 3 is 2.62 bits per heavy atom. The van der Waals surface area contributed by atoms with Crippen LogP contribution in [-0.2, 0) is 0 Å². The molecule has 1 aromatic rings. The van der Waals surface area contributed by atoms with E-state index >= 15 is 0 Å². The summed E-state index contributed by atoms with van der Waals surface area (Å²) in [5.41, 5.74) is 0.240. The topological polar surface area (TPSA) is 32.3 Å². The minimum absolute atomic E-state index is 0.152. The number of carbonyl (C=O) groups is 1. The monoisotopic (exact) mass is 296 g/mol. The van der Waals surface area contributed by atoms with E-state index in [1.807, 2.05) is 0 Å². The van der Waals surface area contributed by atoms with E-state index in [0.717, 1.165) is 51.0 Å². The summed E-state index contributed by atoms with van der Waals surface area (Å²) in [6, 6.07) is 3.75. The maximum atomic E-state index is 13.2. The third kappa shape index (κ3) is 4.32. The van der Waals surface area contributed by atoms with E-state index in [4.69, 9.17) is 0 Å². The Bertz CT molecular complexity index is 487. The van der Waals surface area contributed by atoms with Crippen molar-refractivity contribution in [2.24, 2.45) is 0 Å². The summed E-state index contributed by atoms with van der Waals surface area (Å²) < 4.78 is 26.2. The second kappa shape index (κ2) is 7.61. The van der Waals surface area contributed by atoms with Crippen LogP contribution in [0.4, 0.5) is 8.78 Å². The van der Waals surface area contributed by atoms with Crippen LogP contribution in [0.25, 0.3) is 0 Å². The van der Waals surface area contributed by atoms with Crippen molar-refractivity contribution in [3.63, 3.8) is 0 Å². The van der Waals surface area contributed by atoms with E-state index < -0.39 is 11.6 Å². The summed E-state index contributed by atoms with van der Waals surface area (Å²) in [6.45, 7) is 5.12. The Kier molecular flexibility index (Phi) is 5.82. The Morgan fingerprint density at radius 1 is 1.29 bits per heavy atom. The van der Waals surface area contributed by atoms with Crippen LogP contribution >= 0.6 is 0 Å². The van der Waals surface area contributed by atoms with Gasteiger partial charge in [0.1, 0.15) is 0 Å². The lowest BCUT2D eigenvalue weighted by Crippen LogP contribution is -2.45. The Balaban J connectivity index is 2.04. The van der Waals surface area contributed by atoms with Gasteiger partial charge in [-0.05, 0) is 57.1 Å². The van der Waals surface area contributed by atoms with Gasteiger partial charge >= 0.3 is 0 Å². The Hall–Kier alpha value is -1.33. The molecule has 1 aliphatic rings. The number of nitrogens with zero attached hydrogens (tertiary/aromatic N) is 1. The molecule has 0 saturated carbocycles. The fraction of sp³-hybridized carbons (Fsp3) is 0.562. The number of nitrogens with one attached hydrogen (secondary N) is 1. The number of Topliss-reactive ketones (excluding diaryl/α,β-unsaturated/α-hetero) is 1. The fourth-order valence-corrected chi connectivity index (χ4v) is 2.80. The van der Waals surface area contributed by atoms with Gasteiger partial charge in [0.15, 0.2) is 17.4 Å². The van der Waals surface area contributed by atoms with Crippen molar-refractivity contribution in [1.29, 1.82) is 0 Å². The predicted molar refractivity (Wildman–Crippen MR) is 78.4 cm³/mol. The molecule has 1 aromatic carbocycles. The maximum absolute atomic E-state index is 13.2. The first-order valence-electron chi connectivity index (χ1n) is 7.55. The zero-order valence-corrected chi connectivity index (χ0v) is 12.4. The van der Waals surface area contributed by atoms with Gasteiger partial charge in [-0.25, -0.2) is 8.78 Å². The fourth-order valence-electron chi connectivity index (χ4n) is 2.80. The molecule has 1 heterocycles. The maximum Gasteiger partial charge on any atom is 0.176 e. The van der Waals surface area contributed by atoms with Crippen LogP contribution in [0.1, 0.15) is 36.5 Å². The highest BCUT2D eigenvalue weighted by Crippen LogP contribution is 2.15. The van der Waals surface area contributed by atoms with Crippen molar-refractivity contribution in [1.82, 2.24) is 10.2 Å². The van der Waals surface area contributed by atoms with Crippen molar-refractivity contribution < 1.29 is 13.6 Å². The molecule has 0 radical (unpaired) electrons. The Labute approximate surface area is 124 Å². The minimum atomic E-state index is -0.968. The first kappa shape index (κ1) is 16.0. The second-order valence-electron chi connectivity index (χ2n) is 5.50. The van der Waals surface area contributed by atoms with Crippen molar-refractivity contribution in [2.45, 2.75) is 32.2 Å². The summed E-state index contributed by atoms with van der Waals surface area (Å²) >= 11 is 0. The van der Waals surface area contributed by atoms with Crippen LogP contribution in [0.5, 0.6) is 0 Å². The van der Waals surface area contributed by atoms with Gasteiger partial charge in [-0.15, -0.1) is 0 Å². The highest BCUT2D eigenvalue weighted by molar-refractivity contribution is 5.97. The van der Waals surface area contributed by atoms with Gasteiger partial charge in [-0.1, -0.05) is 6.92 Å². The Morgan fingerprint density at radius 2 is 2.00 bits per heavy atom. The summed E-state index contributed by atoms with van der Waals surface area (Å²) in [5.74, 6) is -2.04. The van der Waals surface area contributed by atoms with E-state index in [1.165, 1.54) is 6.07 Å². The van der Waals surface area contributed by atoms with Gasteiger partial charge < -0.3 is 5.32 Å². The lowest BCUT2D eigenvalue weighted by Gasteiger charge is -2.34. The van der Waals surface area contributed by atoms with E-state index in [9.17, 15) is 13.6 Å². The number of hydrogen-bond acceptors (Lipinski definition) is 3. The number of ketones is 1. The van der Waals surface area contributed by atoms with Crippen LogP contribution in [-0.4, -0.2) is 42.9 Å². The molecule has 5 heteroatoms. The molecule has 1 saturated heterocycles. The number of piperidine rings is 1. The summed E-state index contributed by atoms with van der Waals surface area (Å²) in [4.78, 5) is 14.5. The molecule has 0 amide bonds. The van der Waals surface area contributed by atoms with Gasteiger partial charge in [-0.3, -0.25) is 9.69 Å². The van der Waals surface area contributed by atoms with Crippen LogP contribution in [0.3, 0.4) is 0 Å². The quantitative estimate of drug-likeness (QED) is 0.819. The molecule has 1 fully saturated rings. The number of halogens is 2. The van der Waals surface area contributed by atoms with Gasteiger partial charge in [0.05, 0.1) is 6.54 Å². The smallest absolute Gasteiger partial charge is 0.176 e. The van der Waals surface area contributed by atoms with Gasteiger partial charge in [-0.2, -0.15) is 0 Å². The highest BCUT2D eigenvalue weighted by Gasteiger charge is 2.23. The lowest BCUT2D eigenvalue weighted by molar-refractivity contribution is 0.0864. The molecular weight excluding hydrogens is 274 g/mol. The van der Waals surface area contributed by atoms with Gasteiger partial charge in [0.2, 0.25) is 0 Å². The zero-order chi connectivity index (χ0) is 15.2. The number of carbonyl (C=O) groups excluding carboxylic acids is 1. The average molecular weight is 296 g/mol. The molecule has 2 rings (SSSR count). The van der Waals surface area contributed by atoms with E-state index in [0.29, 0.717) is 6.04 Å². The van der Waals surface area contributed by atoms with Crippen LogP contribution in [0.2, 0.25) is 0 Å². The molecule has 3 nitrogen and oxygen atoms in total. The first-order valence-corrected chi connectivity index (χ1v) is 7.55. The molecule has 21 heavy (non-hydrogen) atoms. The van der Waals surface area contributed by atoms with Gasteiger partial charge in [0.25, 0.3) is 0 Å². The number of rotatable bonds is 6. The lowest BCUT2D eigenvalue weighted by atomic mass is 10.0. The second-order valence-corrected chi connectivity index (χ2v) is 5.50. The molecule has 0 aromatic heterocycles. The van der Waals surface area contributed by atoms with Crippen molar-refractivity contribution in [3.8, 4) is 0 Å². The van der Waals surface area contributed by atoms with Crippen molar-refractivity contribution >= 4 is 5.78 Å². The summed E-state index contributed by atoms with van der Waals surface area (Å²) in [6.07, 6.45) is 3.01. The van der Waals surface area contributed by atoms with Crippen molar-refractivity contribution in [3.05, 3.63) is 35.4 Å². The summed E-state index contributed by atoms with van der Waals surface area (Å²) in [5, 5.41) is 3.31. The normalized spacial score (nSPS) is 16.4. The number of benzene rings is 1. The minimum Gasteiger partial charge on any atom is -0.317 e. The molecule has 0 atom stereocenters. The first-order chi connectivity index (χ1) is 10.1. The van der Waals surface area contributed by atoms with Crippen LogP contribution < -0.4 is 5.32 Å². The van der Waals surface area contributed by atoms with Gasteiger partial charge in [0, 0.05) is 11.6 Å². The molecule has 0 bridgehead atoms. The average Bonchev–Trinajstić information content (AvgIpc) is 2.50.